The quantitative estimate of drug-likeness (QED) is 0.815. The van der Waals surface area contributed by atoms with Gasteiger partial charge in [0.05, 0.1) is 11.4 Å². The summed E-state index contributed by atoms with van der Waals surface area (Å²) in [5.74, 6) is 0. The molecule has 0 spiro atoms. The lowest BCUT2D eigenvalue weighted by Gasteiger charge is -2.09. The van der Waals surface area contributed by atoms with E-state index in [9.17, 15) is 5.26 Å². The van der Waals surface area contributed by atoms with E-state index in [2.05, 4.69) is 4.98 Å². The van der Waals surface area contributed by atoms with E-state index in [4.69, 9.17) is 34.2 Å². The van der Waals surface area contributed by atoms with Gasteiger partial charge >= 0.3 is 0 Å². The highest BCUT2D eigenvalue weighted by atomic mass is 35.5. The Morgan fingerprint density at radius 1 is 1.11 bits per heavy atom. The standard InChI is InChI=1S/C13H6Cl2N4/c14-8-3-1-2-7(4-8)12-9(5-16)11(18)10(6-17)13(15)19-12/h1-4H,(H2,18,19). The van der Waals surface area contributed by atoms with Gasteiger partial charge in [0, 0.05) is 10.6 Å². The number of benzene rings is 1. The molecule has 0 atom stereocenters. The van der Waals surface area contributed by atoms with Crippen molar-refractivity contribution in [2.75, 3.05) is 5.73 Å². The Labute approximate surface area is 119 Å². The van der Waals surface area contributed by atoms with Crippen molar-refractivity contribution in [3.05, 3.63) is 45.6 Å². The summed E-state index contributed by atoms with van der Waals surface area (Å²) in [6, 6.07) is 10.6. The monoisotopic (exact) mass is 288 g/mol. The maximum absolute atomic E-state index is 9.19. The van der Waals surface area contributed by atoms with Crippen LogP contribution in [0, 0.1) is 22.7 Å². The smallest absolute Gasteiger partial charge is 0.149 e. The van der Waals surface area contributed by atoms with Crippen molar-refractivity contribution in [2.24, 2.45) is 0 Å². The predicted octanol–water partition coefficient (Wildman–Crippen LogP) is 3.38. The zero-order valence-electron chi connectivity index (χ0n) is 9.48. The van der Waals surface area contributed by atoms with Crippen molar-refractivity contribution in [1.82, 2.24) is 4.98 Å². The first-order valence-corrected chi connectivity index (χ1v) is 5.89. The first-order valence-electron chi connectivity index (χ1n) is 5.13. The van der Waals surface area contributed by atoms with E-state index in [1.54, 1.807) is 24.3 Å². The van der Waals surface area contributed by atoms with Gasteiger partial charge < -0.3 is 5.73 Å². The molecule has 0 amide bonds. The van der Waals surface area contributed by atoms with Gasteiger partial charge in [-0.25, -0.2) is 4.98 Å². The van der Waals surface area contributed by atoms with Gasteiger partial charge in [0.15, 0.2) is 0 Å². The summed E-state index contributed by atoms with van der Waals surface area (Å²) in [5, 5.41) is 18.6. The van der Waals surface area contributed by atoms with Crippen LogP contribution in [0.5, 0.6) is 0 Å². The molecule has 1 heterocycles. The molecular formula is C13H6Cl2N4. The minimum Gasteiger partial charge on any atom is -0.396 e. The molecule has 0 aliphatic heterocycles. The number of halogens is 2. The number of nitrogens with two attached hydrogens (primary N) is 1. The van der Waals surface area contributed by atoms with Gasteiger partial charge in [0.25, 0.3) is 0 Å². The lowest BCUT2D eigenvalue weighted by atomic mass is 10.0. The summed E-state index contributed by atoms with van der Waals surface area (Å²) in [6.45, 7) is 0. The zero-order chi connectivity index (χ0) is 14.0. The number of nitrogens with zero attached hydrogens (tertiary/aromatic N) is 3. The summed E-state index contributed by atoms with van der Waals surface area (Å²) in [5.41, 5.74) is 6.85. The van der Waals surface area contributed by atoms with Crippen LogP contribution in [0.15, 0.2) is 24.3 Å². The molecule has 0 fully saturated rings. The fourth-order valence-electron chi connectivity index (χ4n) is 1.64. The molecule has 0 aliphatic rings. The average molecular weight is 289 g/mol. The van der Waals surface area contributed by atoms with E-state index in [0.29, 0.717) is 16.3 Å². The lowest BCUT2D eigenvalue weighted by molar-refractivity contribution is 1.28. The maximum Gasteiger partial charge on any atom is 0.149 e. The van der Waals surface area contributed by atoms with E-state index in [1.807, 2.05) is 12.1 Å². The molecule has 19 heavy (non-hydrogen) atoms. The first-order chi connectivity index (χ1) is 9.08. The third-order valence-corrected chi connectivity index (χ3v) is 3.02. The van der Waals surface area contributed by atoms with Crippen molar-refractivity contribution in [3.63, 3.8) is 0 Å². The largest absolute Gasteiger partial charge is 0.396 e. The molecule has 92 valence electrons. The van der Waals surface area contributed by atoms with Crippen LogP contribution in [0.4, 0.5) is 5.69 Å². The van der Waals surface area contributed by atoms with Gasteiger partial charge in [-0.1, -0.05) is 35.3 Å². The molecule has 2 rings (SSSR count). The number of anilines is 1. The minimum absolute atomic E-state index is 0.00370. The van der Waals surface area contributed by atoms with Crippen LogP contribution >= 0.6 is 23.2 Å². The maximum atomic E-state index is 9.19. The van der Waals surface area contributed by atoms with Crippen molar-refractivity contribution >= 4 is 28.9 Å². The van der Waals surface area contributed by atoms with E-state index < -0.39 is 0 Å². The Bertz CT molecular complexity index is 742. The SMILES string of the molecule is N#Cc1c(Cl)nc(-c2cccc(Cl)c2)c(C#N)c1N. The number of hydrogen-bond donors (Lipinski definition) is 1. The van der Waals surface area contributed by atoms with E-state index in [-0.39, 0.29) is 22.0 Å². The molecule has 0 aliphatic carbocycles. The molecule has 0 saturated carbocycles. The number of nitriles is 2. The molecule has 1 aromatic heterocycles. The Kier molecular flexibility index (Phi) is 3.57. The van der Waals surface area contributed by atoms with Crippen LogP contribution in [0.25, 0.3) is 11.3 Å². The van der Waals surface area contributed by atoms with Crippen molar-refractivity contribution in [3.8, 4) is 23.4 Å². The zero-order valence-corrected chi connectivity index (χ0v) is 11.0. The van der Waals surface area contributed by atoms with Gasteiger partial charge in [-0.3, -0.25) is 0 Å². The highest BCUT2D eigenvalue weighted by Crippen LogP contribution is 2.32. The lowest BCUT2D eigenvalue weighted by Crippen LogP contribution is -2.01. The fourth-order valence-corrected chi connectivity index (χ4v) is 2.06. The van der Waals surface area contributed by atoms with Crippen LogP contribution in [-0.2, 0) is 0 Å². The Hall–Kier alpha value is -2.27. The molecule has 0 bridgehead atoms. The Balaban J connectivity index is 2.80. The second kappa shape index (κ2) is 5.16. The van der Waals surface area contributed by atoms with Gasteiger partial charge in [0.1, 0.15) is 28.4 Å². The second-order valence-corrected chi connectivity index (χ2v) is 4.44. The number of pyridine rings is 1. The van der Waals surface area contributed by atoms with E-state index in [1.165, 1.54) is 0 Å². The number of hydrogen-bond acceptors (Lipinski definition) is 4. The molecular weight excluding hydrogens is 283 g/mol. The van der Waals surface area contributed by atoms with E-state index >= 15 is 0 Å². The number of rotatable bonds is 1. The van der Waals surface area contributed by atoms with Crippen LogP contribution in [0.1, 0.15) is 11.1 Å². The van der Waals surface area contributed by atoms with Gasteiger partial charge in [-0.2, -0.15) is 10.5 Å². The minimum atomic E-state index is -0.0334. The normalized spacial score (nSPS) is 9.68. The highest BCUT2D eigenvalue weighted by molar-refractivity contribution is 6.31. The second-order valence-electron chi connectivity index (χ2n) is 3.65. The Morgan fingerprint density at radius 2 is 1.79 bits per heavy atom. The van der Waals surface area contributed by atoms with E-state index in [0.717, 1.165) is 0 Å². The topological polar surface area (TPSA) is 86.5 Å². The number of aromatic nitrogens is 1. The van der Waals surface area contributed by atoms with Gasteiger partial charge in [-0.15, -0.1) is 0 Å². The van der Waals surface area contributed by atoms with Crippen LogP contribution in [0.3, 0.4) is 0 Å². The molecule has 6 heteroatoms. The molecule has 0 saturated heterocycles. The number of nitrogen functional groups attached to an aromatic ring is 1. The molecule has 0 radical (unpaired) electrons. The predicted molar refractivity (Wildman–Crippen MR) is 73.5 cm³/mol. The third-order valence-electron chi connectivity index (χ3n) is 2.51. The van der Waals surface area contributed by atoms with Crippen molar-refractivity contribution < 1.29 is 0 Å². The van der Waals surface area contributed by atoms with Crippen LogP contribution < -0.4 is 5.73 Å². The summed E-state index contributed by atoms with van der Waals surface area (Å²) in [6.07, 6.45) is 0. The first kappa shape index (κ1) is 13.2. The molecule has 4 nitrogen and oxygen atoms in total. The summed E-state index contributed by atoms with van der Waals surface area (Å²) < 4.78 is 0. The summed E-state index contributed by atoms with van der Waals surface area (Å²) in [4.78, 5) is 4.07. The van der Waals surface area contributed by atoms with Crippen molar-refractivity contribution in [2.45, 2.75) is 0 Å². The van der Waals surface area contributed by atoms with Gasteiger partial charge in [-0.05, 0) is 12.1 Å². The summed E-state index contributed by atoms with van der Waals surface area (Å²) in [7, 11) is 0. The summed E-state index contributed by atoms with van der Waals surface area (Å²) >= 11 is 11.8. The van der Waals surface area contributed by atoms with Crippen LogP contribution in [-0.4, -0.2) is 4.98 Å². The Morgan fingerprint density at radius 3 is 2.37 bits per heavy atom. The van der Waals surface area contributed by atoms with Gasteiger partial charge in [0.2, 0.25) is 0 Å². The van der Waals surface area contributed by atoms with Crippen LogP contribution in [0.2, 0.25) is 10.2 Å². The molecule has 1 aromatic carbocycles. The molecule has 2 aromatic rings. The molecule has 2 N–H and O–H groups in total. The highest BCUT2D eigenvalue weighted by Gasteiger charge is 2.17. The average Bonchev–Trinajstić information content (AvgIpc) is 2.38. The fraction of sp³-hybridized carbons (Fsp3) is 0. The third kappa shape index (κ3) is 2.32. The van der Waals surface area contributed by atoms with Crippen molar-refractivity contribution in [1.29, 1.82) is 10.5 Å². The molecule has 0 unspecified atom stereocenters.